The van der Waals surface area contributed by atoms with E-state index in [9.17, 15) is 14.6 Å². The molecular weight excluding hydrogens is 319 g/mol. The molecule has 2 aromatic carbocycles. The molecule has 0 aliphatic rings. The molecule has 2 N–H and O–H groups in total. The number of hydrogen-bond donors (Lipinski definition) is 2. The molecule has 25 heavy (non-hydrogen) atoms. The lowest BCUT2D eigenvalue weighted by molar-refractivity contribution is 0.0641. The van der Waals surface area contributed by atoms with E-state index in [0.29, 0.717) is 35.1 Å². The molecule has 5 heteroatoms. The molecule has 0 spiro atoms. The Morgan fingerprint density at radius 1 is 1.16 bits per heavy atom. The number of benzene rings is 2. The van der Waals surface area contributed by atoms with Crippen LogP contribution >= 0.6 is 0 Å². The average molecular weight is 342 g/mol. The Kier molecular flexibility index (Phi) is 6.27. The third-order valence-corrected chi connectivity index (χ3v) is 4.32. The van der Waals surface area contributed by atoms with Crippen LogP contribution in [-0.4, -0.2) is 35.8 Å². The lowest BCUT2D eigenvalue weighted by atomic mass is 9.80. The molecule has 0 aromatic heterocycles. The summed E-state index contributed by atoms with van der Waals surface area (Å²) in [6, 6.07) is 12.7. The molecular formula is C20H23FN2O2. The zero-order chi connectivity index (χ0) is 18.4. The first kappa shape index (κ1) is 19.1. The van der Waals surface area contributed by atoms with Crippen molar-refractivity contribution < 1.29 is 14.6 Å². The highest BCUT2D eigenvalue weighted by molar-refractivity contribution is 5.45. The molecule has 2 aromatic rings. The number of halogens is 1. The minimum atomic E-state index is -1.37. The van der Waals surface area contributed by atoms with E-state index in [-0.39, 0.29) is 12.4 Å². The topological polar surface area (TPSA) is 67.5 Å². The van der Waals surface area contributed by atoms with Crippen molar-refractivity contribution >= 4 is 0 Å². The fourth-order valence-corrected chi connectivity index (χ4v) is 3.01. The number of nitriles is 1. The fraction of sp³-hybridized carbons (Fsp3) is 0.350. The number of nitrogens with zero attached hydrogens (tertiary/aromatic N) is 2. The van der Waals surface area contributed by atoms with Gasteiger partial charge in [-0.3, -0.25) is 0 Å². The summed E-state index contributed by atoms with van der Waals surface area (Å²) in [5.74, 6) is -0.374. The monoisotopic (exact) mass is 342 g/mol. The zero-order valence-electron chi connectivity index (χ0n) is 14.5. The first-order valence-corrected chi connectivity index (χ1v) is 8.18. The van der Waals surface area contributed by atoms with E-state index in [1.54, 1.807) is 30.3 Å². The molecule has 0 saturated heterocycles. The molecule has 0 fully saturated rings. The Morgan fingerprint density at radius 2 is 1.84 bits per heavy atom. The van der Waals surface area contributed by atoms with Crippen LogP contribution < -0.4 is 0 Å². The largest absolute Gasteiger partial charge is 0.392 e. The lowest BCUT2D eigenvalue weighted by Crippen LogP contribution is -2.30. The fourth-order valence-electron chi connectivity index (χ4n) is 3.01. The van der Waals surface area contributed by atoms with Crippen LogP contribution in [0.5, 0.6) is 0 Å². The lowest BCUT2D eigenvalue weighted by Gasteiger charge is -2.32. The molecule has 1 atom stereocenters. The molecule has 0 radical (unpaired) electrons. The quantitative estimate of drug-likeness (QED) is 0.812. The molecule has 1 unspecified atom stereocenters. The van der Waals surface area contributed by atoms with Crippen LogP contribution in [0.2, 0.25) is 0 Å². The van der Waals surface area contributed by atoms with Gasteiger partial charge in [-0.05, 0) is 74.4 Å². The van der Waals surface area contributed by atoms with Crippen molar-refractivity contribution in [3.05, 3.63) is 70.5 Å². The van der Waals surface area contributed by atoms with Crippen molar-refractivity contribution in [1.82, 2.24) is 4.90 Å². The second-order valence-electron chi connectivity index (χ2n) is 6.42. The van der Waals surface area contributed by atoms with Gasteiger partial charge in [0.2, 0.25) is 0 Å². The summed E-state index contributed by atoms with van der Waals surface area (Å²) < 4.78 is 13.3. The van der Waals surface area contributed by atoms with Gasteiger partial charge in [-0.15, -0.1) is 0 Å². The summed E-state index contributed by atoms with van der Waals surface area (Å²) in [5.41, 5.74) is 0.653. The molecule has 0 heterocycles. The molecule has 2 rings (SSSR count). The Bertz CT molecular complexity index is 753. The van der Waals surface area contributed by atoms with Crippen molar-refractivity contribution in [2.24, 2.45) is 0 Å². The van der Waals surface area contributed by atoms with E-state index >= 15 is 0 Å². The predicted octanol–water partition coefficient (Wildman–Crippen LogP) is 2.77. The summed E-state index contributed by atoms with van der Waals surface area (Å²) in [5, 5.41) is 30.3. The molecule has 4 nitrogen and oxygen atoms in total. The Hall–Kier alpha value is -2.26. The van der Waals surface area contributed by atoms with E-state index in [0.717, 1.165) is 6.54 Å². The van der Waals surface area contributed by atoms with Crippen molar-refractivity contribution in [2.45, 2.75) is 25.0 Å². The third-order valence-electron chi connectivity index (χ3n) is 4.32. The summed E-state index contributed by atoms with van der Waals surface area (Å²) in [7, 11) is 3.91. The number of aliphatic hydroxyl groups excluding tert-OH is 1. The first-order valence-electron chi connectivity index (χ1n) is 8.18. The van der Waals surface area contributed by atoms with Gasteiger partial charge in [0.25, 0.3) is 0 Å². The minimum absolute atomic E-state index is 0.290. The van der Waals surface area contributed by atoms with Gasteiger partial charge >= 0.3 is 0 Å². The van der Waals surface area contributed by atoms with E-state index < -0.39 is 5.60 Å². The average Bonchev–Trinajstić information content (AvgIpc) is 2.61. The first-order chi connectivity index (χ1) is 11.9. The van der Waals surface area contributed by atoms with Gasteiger partial charge in [-0.1, -0.05) is 18.2 Å². The Morgan fingerprint density at radius 3 is 2.40 bits per heavy atom. The van der Waals surface area contributed by atoms with Crippen LogP contribution in [0.4, 0.5) is 4.39 Å². The number of rotatable bonds is 7. The van der Waals surface area contributed by atoms with E-state index in [1.807, 2.05) is 25.1 Å². The van der Waals surface area contributed by atoms with Gasteiger partial charge < -0.3 is 15.1 Å². The van der Waals surface area contributed by atoms with Gasteiger partial charge in [0.05, 0.1) is 18.2 Å². The molecule has 132 valence electrons. The second kappa shape index (κ2) is 8.21. The highest BCUT2D eigenvalue weighted by atomic mass is 19.1. The maximum atomic E-state index is 13.3. The summed E-state index contributed by atoms with van der Waals surface area (Å²) in [6.45, 7) is 0.496. The highest BCUT2D eigenvalue weighted by Crippen LogP contribution is 2.36. The highest BCUT2D eigenvalue weighted by Gasteiger charge is 2.33. The van der Waals surface area contributed by atoms with Crippen LogP contribution in [0.15, 0.2) is 42.5 Å². The summed E-state index contributed by atoms with van der Waals surface area (Å²) >= 11 is 0. The number of aliphatic hydroxyl groups is 2. The SMILES string of the molecule is CN(C)CCCC(O)(c1ccc(F)cc1)c1ccc(C#N)cc1CO. The van der Waals surface area contributed by atoms with Crippen molar-refractivity contribution in [2.75, 3.05) is 20.6 Å². The summed E-state index contributed by atoms with van der Waals surface area (Å²) in [6.07, 6.45) is 1.13. The standard InChI is InChI=1S/C20H23FN2O2/c1-23(2)11-3-10-20(25,17-5-7-18(21)8-6-17)19-9-4-15(13-22)12-16(19)14-24/h4-9,12,24-25H,3,10-11,14H2,1-2H3. The smallest absolute Gasteiger partial charge is 0.123 e. The maximum absolute atomic E-state index is 13.3. The molecule has 0 aliphatic carbocycles. The predicted molar refractivity (Wildman–Crippen MR) is 94.3 cm³/mol. The van der Waals surface area contributed by atoms with Gasteiger partial charge in [-0.25, -0.2) is 4.39 Å². The van der Waals surface area contributed by atoms with E-state index in [1.165, 1.54) is 12.1 Å². The van der Waals surface area contributed by atoms with Gasteiger partial charge in [0.15, 0.2) is 0 Å². The van der Waals surface area contributed by atoms with Crippen LogP contribution in [0.1, 0.15) is 35.1 Å². The zero-order valence-corrected chi connectivity index (χ0v) is 14.5. The van der Waals surface area contributed by atoms with Gasteiger partial charge in [0.1, 0.15) is 11.4 Å². The summed E-state index contributed by atoms with van der Waals surface area (Å²) in [4.78, 5) is 2.02. The molecule has 0 bridgehead atoms. The van der Waals surface area contributed by atoms with Gasteiger partial charge in [0, 0.05) is 0 Å². The second-order valence-corrected chi connectivity index (χ2v) is 6.42. The third kappa shape index (κ3) is 4.43. The van der Waals surface area contributed by atoms with Crippen LogP contribution in [0.25, 0.3) is 0 Å². The van der Waals surface area contributed by atoms with Crippen LogP contribution in [-0.2, 0) is 12.2 Å². The molecule has 0 saturated carbocycles. The van der Waals surface area contributed by atoms with Crippen LogP contribution in [0.3, 0.4) is 0 Å². The Balaban J connectivity index is 2.51. The van der Waals surface area contributed by atoms with E-state index in [2.05, 4.69) is 0 Å². The van der Waals surface area contributed by atoms with Crippen molar-refractivity contribution in [3.63, 3.8) is 0 Å². The molecule has 0 aliphatic heterocycles. The normalized spacial score (nSPS) is 13.5. The van der Waals surface area contributed by atoms with Gasteiger partial charge in [-0.2, -0.15) is 5.26 Å². The molecule has 0 amide bonds. The van der Waals surface area contributed by atoms with Crippen molar-refractivity contribution in [1.29, 1.82) is 5.26 Å². The number of hydrogen-bond acceptors (Lipinski definition) is 4. The van der Waals surface area contributed by atoms with E-state index in [4.69, 9.17) is 5.26 Å². The minimum Gasteiger partial charge on any atom is -0.392 e. The van der Waals surface area contributed by atoms with Crippen LogP contribution in [0, 0.1) is 17.1 Å². The van der Waals surface area contributed by atoms with Crippen molar-refractivity contribution in [3.8, 4) is 6.07 Å². The Labute approximate surface area is 147 Å². The maximum Gasteiger partial charge on any atom is 0.123 e.